The summed E-state index contributed by atoms with van der Waals surface area (Å²) in [4.78, 5) is 23.1. The van der Waals surface area contributed by atoms with E-state index in [2.05, 4.69) is 15.5 Å². The largest absolute Gasteiger partial charge is 0.478 e. The third-order valence-electron chi connectivity index (χ3n) is 2.68. The van der Waals surface area contributed by atoms with Crippen LogP contribution in [-0.4, -0.2) is 27.2 Å². The number of nitrogens with one attached hydrogen (secondary N) is 2. The van der Waals surface area contributed by atoms with Gasteiger partial charge in [0.25, 0.3) is 5.91 Å². The van der Waals surface area contributed by atoms with Crippen LogP contribution < -0.4 is 5.32 Å². The summed E-state index contributed by atoms with van der Waals surface area (Å²) in [5, 5.41) is 19.8. The molecule has 0 saturated carbocycles. The number of carboxylic acids is 1. The smallest absolute Gasteiger partial charge is 0.328 e. The molecule has 104 valence electrons. The maximum absolute atomic E-state index is 12.1. The predicted octanol–water partition coefficient (Wildman–Crippen LogP) is 1.81. The van der Waals surface area contributed by atoms with Crippen molar-refractivity contribution in [2.75, 3.05) is 0 Å². The molecule has 1 amide bonds. The molecule has 3 N–H and O–H groups in total. The van der Waals surface area contributed by atoms with Crippen LogP contribution in [0.2, 0.25) is 0 Å². The number of aromatic amines is 1. The summed E-state index contributed by atoms with van der Waals surface area (Å²) in [7, 11) is 0. The minimum absolute atomic E-state index is 0.231. The molecular formula is C13H13N3O3S. The molecule has 2 rings (SSSR count). The third kappa shape index (κ3) is 3.33. The molecule has 0 fully saturated rings. The fourth-order valence-corrected chi connectivity index (χ4v) is 2.41. The predicted molar refractivity (Wildman–Crippen MR) is 75.5 cm³/mol. The molecule has 0 atom stereocenters. The number of nitrogens with zero attached hydrogens (tertiary/aromatic N) is 1. The molecule has 20 heavy (non-hydrogen) atoms. The van der Waals surface area contributed by atoms with Gasteiger partial charge in [-0.1, -0.05) is 0 Å². The van der Waals surface area contributed by atoms with E-state index in [0.29, 0.717) is 17.0 Å². The molecule has 0 unspecified atom stereocenters. The van der Waals surface area contributed by atoms with Crippen LogP contribution in [0.5, 0.6) is 0 Å². The van der Waals surface area contributed by atoms with Crippen LogP contribution in [0.3, 0.4) is 0 Å². The monoisotopic (exact) mass is 291 g/mol. The first-order chi connectivity index (χ1) is 9.58. The van der Waals surface area contributed by atoms with Crippen molar-refractivity contribution in [1.29, 1.82) is 0 Å². The van der Waals surface area contributed by atoms with Gasteiger partial charge in [0.2, 0.25) is 0 Å². The summed E-state index contributed by atoms with van der Waals surface area (Å²) >= 11 is 1.27. The first kappa shape index (κ1) is 14.0. The second-order valence-corrected chi connectivity index (χ2v) is 5.00. The van der Waals surface area contributed by atoms with Crippen LogP contribution in [0.25, 0.3) is 6.08 Å². The van der Waals surface area contributed by atoms with Gasteiger partial charge in [-0.05, 0) is 30.0 Å². The molecule has 2 aromatic heterocycles. The van der Waals surface area contributed by atoms with Gasteiger partial charge in [-0.3, -0.25) is 9.89 Å². The lowest BCUT2D eigenvalue weighted by Crippen LogP contribution is -2.22. The number of carbonyl (C=O) groups excluding carboxylic acids is 1. The van der Waals surface area contributed by atoms with Crippen LogP contribution >= 0.6 is 11.3 Å². The van der Waals surface area contributed by atoms with E-state index >= 15 is 0 Å². The highest BCUT2D eigenvalue weighted by atomic mass is 32.1. The molecule has 0 aliphatic carbocycles. The van der Waals surface area contributed by atoms with E-state index in [1.807, 2.05) is 6.92 Å². The normalized spacial score (nSPS) is 10.8. The maximum Gasteiger partial charge on any atom is 0.328 e. The number of rotatable bonds is 5. The molecule has 0 saturated heterocycles. The van der Waals surface area contributed by atoms with E-state index in [4.69, 9.17) is 5.11 Å². The Balaban J connectivity index is 2.05. The number of H-pyrrole nitrogens is 1. The molecule has 0 aliphatic heterocycles. The van der Waals surface area contributed by atoms with Crippen molar-refractivity contribution in [2.45, 2.75) is 13.5 Å². The van der Waals surface area contributed by atoms with Gasteiger partial charge < -0.3 is 10.4 Å². The second-order valence-electron chi connectivity index (χ2n) is 4.08. The summed E-state index contributed by atoms with van der Waals surface area (Å²) < 4.78 is 0. The molecule has 0 radical (unpaired) electrons. The molecule has 0 spiro atoms. The van der Waals surface area contributed by atoms with Crippen molar-refractivity contribution in [3.63, 3.8) is 0 Å². The Bertz CT molecular complexity index is 657. The Kier molecular flexibility index (Phi) is 4.31. The fraction of sp³-hybridized carbons (Fsp3) is 0.154. The first-order valence-electron chi connectivity index (χ1n) is 5.83. The quantitative estimate of drug-likeness (QED) is 0.732. The zero-order chi connectivity index (χ0) is 14.5. The van der Waals surface area contributed by atoms with Crippen molar-refractivity contribution in [1.82, 2.24) is 15.5 Å². The Morgan fingerprint density at radius 3 is 3.00 bits per heavy atom. The van der Waals surface area contributed by atoms with Crippen LogP contribution in [0, 0.1) is 6.92 Å². The van der Waals surface area contributed by atoms with Gasteiger partial charge >= 0.3 is 5.97 Å². The number of aromatic nitrogens is 2. The van der Waals surface area contributed by atoms with Gasteiger partial charge in [-0.25, -0.2) is 4.79 Å². The van der Waals surface area contributed by atoms with E-state index in [1.165, 1.54) is 17.4 Å². The topological polar surface area (TPSA) is 95.1 Å². The molecule has 0 aliphatic rings. The number of thiophene rings is 1. The standard InChI is InChI=1S/C13H13N3O3S/c1-8-10(7-15-16-8)6-14-13(19)12-9(4-5-20-12)2-3-11(17)18/h2-5,7H,6H2,1H3,(H,14,19)(H,15,16)(H,17,18). The Hall–Kier alpha value is -2.41. The van der Waals surface area contributed by atoms with Crippen LogP contribution in [-0.2, 0) is 11.3 Å². The highest BCUT2D eigenvalue weighted by Crippen LogP contribution is 2.18. The van der Waals surface area contributed by atoms with E-state index in [-0.39, 0.29) is 5.91 Å². The lowest BCUT2D eigenvalue weighted by atomic mass is 10.2. The van der Waals surface area contributed by atoms with Crippen LogP contribution in [0.4, 0.5) is 0 Å². The molecule has 7 heteroatoms. The Morgan fingerprint density at radius 2 is 2.35 bits per heavy atom. The number of hydrogen-bond donors (Lipinski definition) is 3. The van der Waals surface area contributed by atoms with E-state index in [1.54, 1.807) is 17.6 Å². The van der Waals surface area contributed by atoms with Crippen molar-refractivity contribution < 1.29 is 14.7 Å². The zero-order valence-electron chi connectivity index (χ0n) is 10.7. The summed E-state index contributed by atoms with van der Waals surface area (Å²) in [5.41, 5.74) is 2.42. The summed E-state index contributed by atoms with van der Waals surface area (Å²) in [6.07, 6.45) is 4.09. The first-order valence-corrected chi connectivity index (χ1v) is 6.71. The number of aliphatic carboxylic acids is 1. The third-order valence-corrected chi connectivity index (χ3v) is 3.61. The van der Waals surface area contributed by atoms with Gasteiger partial charge in [0, 0.05) is 23.9 Å². The van der Waals surface area contributed by atoms with Crippen molar-refractivity contribution in [3.05, 3.63) is 45.4 Å². The number of aryl methyl sites for hydroxylation is 1. The minimum Gasteiger partial charge on any atom is -0.478 e. The van der Waals surface area contributed by atoms with Crippen LogP contribution in [0.1, 0.15) is 26.5 Å². The van der Waals surface area contributed by atoms with Crippen molar-refractivity contribution in [2.24, 2.45) is 0 Å². The van der Waals surface area contributed by atoms with E-state index in [0.717, 1.165) is 17.3 Å². The summed E-state index contributed by atoms with van der Waals surface area (Å²) in [6, 6.07) is 1.71. The number of carbonyl (C=O) groups is 2. The second kappa shape index (κ2) is 6.16. The van der Waals surface area contributed by atoms with Gasteiger partial charge in [-0.2, -0.15) is 5.10 Å². The van der Waals surface area contributed by atoms with E-state index < -0.39 is 5.97 Å². The van der Waals surface area contributed by atoms with Gasteiger partial charge in [0.15, 0.2) is 0 Å². The molecule has 2 aromatic rings. The maximum atomic E-state index is 12.1. The fourth-order valence-electron chi connectivity index (χ4n) is 1.61. The number of amides is 1. The average molecular weight is 291 g/mol. The van der Waals surface area contributed by atoms with Crippen LogP contribution in [0.15, 0.2) is 23.7 Å². The average Bonchev–Trinajstić information content (AvgIpc) is 3.02. The molecule has 2 heterocycles. The lowest BCUT2D eigenvalue weighted by molar-refractivity contribution is -0.131. The number of hydrogen-bond acceptors (Lipinski definition) is 4. The SMILES string of the molecule is Cc1[nH]ncc1CNC(=O)c1sccc1C=CC(=O)O. The summed E-state index contributed by atoms with van der Waals surface area (Å²) in [5.74, 6) is -1.28. The number of carboxylic acid groups (broad SMARTS) is 1. The minimum atomic E-state index is -1.04. The lowest BCUT2D eigenvalue weighted by Gasteiger charge is -2.03. The summed E-state index contributed by atoms with van der Waals surface area (Å²) in [6.45, 7) is 2.25. The highest BCUT2D eigenvalue weighted by Gasteiger charge is 2.12. The molecular weight excluding hydrogens is 278 g/mol. The van der Waals surface area contributed by atoms with Gasteiger partial charge in [0.1, 0.15) is 0 Å². The zero-order valence-corrected chi connectivity index (χ0v) is 11.5. The Labute approximate surface area is 119 Å². The van der Waals surface area contributed by atoms with E-state index in [9.17, 15) is 9.59 Å². The molecule has 6 nitrogen and oxygen atoms in total. The highest BCUT2D eigenvalue weighted by molar-refractivity contribution is 7.12. The molecule has 0 aromatic carbocycles. The van der Waals surface area contributed by atoms with Gasteiger partial charge in [-0.15, -0.1) is 11.3 Å². The van der Waals surface area contributed by atoms with Crippen molar-refractivity contribution >= 4 is 29.3 Å². The van der Waals surface area contributed by atoms with Crippen molar-refractivity contribution in [3.8, 4) is 0 Å². The Morgan fingerprint density at radius 1 is 1.55 bits per heavy atom. The van der Waals surface area contributed by atoms with Gasteiger partial charge in [0.05, 0.1) is 11.1 Å². The molecule has 0 bridgehead atoms.